The van der Waals surface area contributed by atoms with E-state index in [2.05, 4.69) is 27.0 Å². The van der Waals surface area contributed by atoms with Gasteiger partial charge in [-0.15, -0.1) is 0 Å². The third-order valence-corrected chi connectivity index (χ3v) is 3.66. The lowest BCUT2D eigenvalue weighted by molar-refractivity contribution is 0.0413. The van der Waals surface area contributed by atoms with E-state index in [0.717, 1.165) is 25.3 Å². The molecule has 2 rings (SSSR count). The molecule has 0 radical (unpaired) electrons. The number of ether oxygens (including phenoxy) is 1. The molecule has 0 aromatic carbocycles. The third kappa shape index (κ3) is 4.24. The molecule has 1 fully saturated rings. The monoisotopic (exact) mass is 284 g/mol. The van der Waals surface area contributed by atoms with Crippen LogP contribution in [0.15, 0.2) is 4.52 Å². The van der Waals surface area contributed by atoms with Gasteiger partial charge < -0.3 is 14.4 Å². The molecule has 0 bridgehead atoms. The highest BCUT2D eigenvalue weighted by Gasteiger charge is 2.27. The Morgan fingerprint density at radius 2 is 2.40 bits per heavy atom. The Morgan fingerprint density at radius 1 is 1.60 bits per heavy atom. The van der Waals surface area contributed by atoms with Gasteiger partial charge in [0.1, 0.15) is 0 Å². The number of aliphatic hydroxyl groups excluding tert-OH is 1. The first-order valence-electron chi connectivity index (χ1n) is 6.97. The van der Waals surface area contributed by atoms with Gasteiger partial charge in [-0.1, -0.05) is 5.16 Å². The molecule has 0 aliphatic carbocycles. The second kappa shape index (κ2) is 7.12. The van der Waals surface area contributed by atoms with Crippen molar-refractivity contribution < 1.29 is 14.4 Å². The first kappa shape index (κ1) is 15.4. The lowest BCUT2D eigenvalue weighted by atomic mass is 10.2. The van der Waals surface area contributed by atoms with Gasteiger partial charge in [0.25, 0.3) is 0 Å². The minimum Gasteiger partial charge on any atom is -0.389 e. The lowest BCUT2D eigenvalue weighted by Gasteiger charge is -2.24. The number of aliphatic hydroxyl groups is 1. The average molecular weight is 284 g/mol. The molecule has 1 N–H and O–H groups in total. The Hall–Kier alpha value is -1.02. The summed E-state index contributed by atoms with van der Waals surface area (Å²) in [5.74, 6) is 1.33. The fourth-order valence-corrected chi connectivity index (χ4v) is 2.64. The molecule has 114 valence electrons. The second-order valence-electron chi connectivity index (χ2n) is 5.46. The van der Waals surface area contributed by atoms with Crippen LogP contribution in [0.1, 0.15) is 18.1 Å². The standard InChI is InChI=1S/C13H24N4O3/c1-10-14-13(15-20-10)8-16(2)11-4-5-17(6-11)7-12(18)9-19-3/h11-12,18H,4-9H2,1-3H3/t11-,12-/m0/s1. The highest BCUT2D eigenvalue weighted by molar-refractivity contribution is 4.88. The van der Waals surface area contributed by atoms with Crippen LogP contribution in [0.25, 0.3) is 0 Å². The molecule has 0 saturated carbocycles. The summed E-state index contributed by atoms with van der Waals surface area (Å²) < 4.78 is 9.94. The van der Waals surface area contributed by atoms with E-state index in [1.54, 1.807) is 14.0 Å². The minimum absolute atomic E-state index is 0.388. The Labute approximate surface area is 119 Å². The van der Waals surface area contributed by atoms with Crippen LogP contribution in [0, 0.1) is 6.92 Å². The maximum Gasteiger partial charge on any atom is 0.223 e. The summed E-state index contributed by atoms with van der Waals surface area (Å²) >= 11 is 0. The zero-order valence-corrected chi connectivity index (χ0v) is 12.4. The van der Waals surface area contributed by atoms with Crippen molar-refractivity contribution in [2.75, 3.05) is 40.4 Å². The number of nitrogens with zero attached hydrogens (tertiary/aromatic N) is 4. The van der Waals surface area contributed by atoms with Crippen molar-refractivity contribution in [3.8, 4) is 0 Å². The van der Waals surface area contributed by atoms with Crippen LogP contribution in [0.3, 0.4) is 0 Å². The summed E-state index contributed by atoms with van der Waals surface area (Å²) in [4.78, 5) is 8.74. The Kier molecular flexibility index (Phi) is 5.47. The zero-order chi connectivity index (χ0) is 14.5. The zero-order valence-electron chi connectivity index (χ0n) is 12.4. The molecule has 2 atom stereocenters. The molecule has 20 heavy (non-hydrogen) atoms. The van der Waals surface area contributed by atoms with E-state index in [1.165, 1.54) is 0 Å². The van der Waals surface area contributed by atoms with Gasteiger partial charge in [0.15, 0.2) is 5.82 Å². The summed E-state index contributed by atoms with van der Waals surface area (Å²) in [6.45, 7) is 5.50. The van der Waals surface area contributed by atoms with Crippen LogP contribution < -0.4 is 0 Å². The van der Waals surface area contributed by atoms with Gasteiger partial charge in [-0.25, -0.2) is 0 Å². The van der Waals surface area contributed by atoms with Crippen LogP contribution in [0.2, 0.25) is 0 Å². The van der Waals surface area contributed by atoms with E-state index < -0.39 is 6.10 Å². The van der Waals surface area contributed by atoms with E-state index in [1.807, 2.05) is 0 Å². The summed E-state index contributed by atoms with van der Waals surface area (Å²) in [7, 11) is 3.68. The first-order chi connectivity index (χ1) is 9.58. The predicted molar refractivity (Wildman–Crippen MR) is 73.2 cm³/mol. The van der Waals surface area contributed by atoms with Crippen molar-refractivity contribution in [1.29, 1.82) is 0 Å². The Balaban J connectivity index is 1.77. The number of hydrogen-bond acceptors (Lipinski definition) is 7. The van der Waals surface area contributed by atoms with Crippen LogP contribution >= 0.6 is 0 Å². The summed E-state index contributed by atoms with van der Waals surface area (Å²) in [5.41, 5.74) is 0. The molecule has 2 heterocycles. The van der Waals surface area contributed by atoms with Gasteiger partial charge in [-0.2, -0.15) is 4.98 Å². The number of methoxy groups -OCH3 is 1. The smallest absolute Gasteiger partial charge is 0.223 e. The van der Waals surface area contributed by atoms with Crippen molar-refractivity contribution in [2.45, 2.75) is 32.0 Å². The number of likely N-dealkylation sites (N-methyl/N-ethyl adjacent to an activating group) is 1. The molecule has 1 saturated heterocycles. The van der Waals surface area contributed by atoms with Crippen LogP contribution in [-0.4, -0.2) is 77.6 Å². The molecule has 0 unspecified atom stereocenters. The van der Waals surface area contributed by atoms with Crippen LogP contribution in [-0.2, 0) is 11.3 Å². The predicted octanol–water partition coefficient (Wildman–Crippen LogP) is -0.109. The highest BCUT2D eigenvalue weighted by atomic mass is 16.5. The topological polar surface area (TPSA) is 74.9 Å². The summed E-state index contributed by atoms with van der Waals surface area (Å²) in [6, 6.07) is 0.462. The van der Waals surface area contributed by atoms with E-state index in [9.17, 15) is 5.11 Å². The fraction of sp³-hybridized carbons (Fsp3) is 0.846. The molecular weight excluding hydrogens is 260 g/mol. The van der Waals surface area contributed by atoms with Gasteiger partial charge in [0, 0.05) is 33.2 Å². The van der Waals surface area contributed by atoms with E-state index in [4.69, 9.17) is 9.26 Å². The summed E-state index contributed by atoms with van der Waals surface area (Å²) in [5, 5.41) is 13.7. The number of β-amino-alcohol motifs (C(OH)–C–C–N with tert-alkyl or cyclic N) is 1. The van der Waals surface area contributed by atoms with Gasteiger partial charge in [0.05, 0.1) is 19.3 Å². The molecule has 0 amide bonds. The number of aryl methyl sites for hydroxylation is 1. The van der Waals surface area contributed by atoms with Crippen molar-refractivity contribution in [3.05, 3.63) is 11.7 Å². The Bertz CT molecular complexity index is 412. The van der Waals surface area contributed by atoms with E-state index >= 15 is 0 Å². The van der Waals surface area contributed by atoms with Crippen molar-refractivity contribution in [3.63, 3.8) is 0 Å². The van der Waals surface area contributed by atoms with E-state index in [0.29, 0.717) is 31.6 Å². The lowest BCUT2D eigenvalue weighted by Crippen LogP contribution is -2.37. The van der Waals surface area contributed by atoms with Gasteiger partial charge in [-0.05, 0) is 20.0 Å². The molecule has 1 aliphatic heterocycles. The van der Waals surface area contributed by atoms with Gasteiger partial charge in [0.2, 0.25) is 5.89 Å². The number of rotatable bonds is 7. The largest absolute Gasteiger partial charge is 0.389 e. The summed E-state index contributed by atoms with van der Waals surface area (Å²) in [6.07, 6.45) is 0.677. The average Bonchev–Trinajstić information content (AvgIpc) is 2.99. The molecule has 7 heteroatoms. The van der Waals surface area contributed by atoms with Crippen molar-refractivity contribution in [1.82, 2.24) is 19.9 Å². The van der Waals surface area contributed by atoms with E-state index in [-0.39, 0.29) is 0 Å². The van der Waals surface area contributed by atoms with Crippen LogP contribution in [0.5, 0.6) is 0 Å². The molecule has 1 aromatic heterocycles. The Morgan fingerprint density at radius 3 is 3.05 bits per heavy atom. The second-order valence-corrected chi connectivity index (χ2v) is 5.46. The molecular formula is C13H24N4O3. The molecule has 7 nitrogen and oxygen atoms in total. The molecule has 1 aromatic rings. The maximum atomic E-state index is 9.76. The first-order valence-corrected chi connectivity index (χ1v) is 6.97. The maximum absolute atomic E-state index is 9.76. The quantitative estimate of drug-likeness (QED) is 0.749. The third-order valence-electron chi connectivity index (χ3n) is 3.66. The minimum atomic E-state index is -0.413. The van der Waals surface area contributed by atoms with Gasteiger partial charge in [-0.3, -0.25) is 9.80 Å². The molecule has 0 spiro atoms. The fourth-order valence-electron chi connectivity index (χ4n) is 2.64. The number of hydrogen-bond donors (Lipinski definition) is 1. The number of likely N-dealkylation sites (tertiary alicyclic amines) is 1. The number of aromatic nitrogens is 2. The molecule has 1 aliphatic rings. The highest BCUT2D eigenvalue weighted by Crippen LogP contribution is 2.16. The van der Waals surface area contributed by atoms with Crippen LogP contribution in [0.4, 0.5) is 0 Å². The van der Waals surface area contributed by atoms with Crippen molar-refractivity contribution in [2.24, 2.45) is 0 Å². The normalized spacial score (nSPS) is 21.8. The van der Waals surface area contributed by atoms with Crippen molar-refractivity contribution >= 4 is 0 Å². The van der Waals surface area contributed by atoms with Gasteiger partial charge >= 0.3 is 0 Å². The SMILES string of the molecule is COC[C@@H](O)CN1CC[C@H](N(C)Cc2noc(C)n2)C1.